The standard InChI is InChI=1S/C17H25N3O/c1-4-9-15-19-16(17(18)20(15)12-5-2)13-10-7-8-11-14(13)21-6-3/h7-8,10-11H,4-6,9,12,18H2,1-3H3. The Labute approximate surface area is 127 Å². The summed E-state index contributed by atoms with van der Waals surface area (Å²) in [6.07, 6.45) is 3.05. The van der Waals surface area contributed by atoms with Gasteiger partial charge in [0.05, 0.1) is 6.61 Å². The van der Waals surface area contributed by atoms with E-state index in [2.05, 4.69) is 18.4 Å². The van der Waals surface area contributed by atoms with Gasteiger partial charge in [-0.1, -0.05) is 26.0 Å². The first-order valence-electron chi connectivity index (χ1n) is 7.79. The van der Waals surface area contributed by atoms with Gasteiger partial charge in [0.15, 0.2) is 0 Å². The Kier molecular flexibility index (Phi) is 5.26. The van der Waals surface area contributed by atoms with Crippen molar-refractivity contribution in [2.45, 2.75) is 46.6 Å². The molecule has 1 aromatic carbocycles. The minimum absolute atomic E-state index is 0.633. The number of aromatic nitrogens is 2. The summed E-state index contributed by atoms with van der Waals surface area (Å²) in [5, 5.41) is 0. The molecule has 21 heavy (non-hydrogen) atoms. The fraction of sp³-hybridized carbons (Fsp3) is 0.471. The van der Waals surface area contributed by atoms with Gasteiger partial charge in [-0.15, -0.1) is 0 Å². The average molecular weight is 287 g/mol. The summed E-state index contributed by atoms with van der Waals surface area (Å²) >= 11 is 0. The fourth-order valence-electron chi connectivity index (χ4n) is 2.54. The molecule has 0 unspecified atom stereocenters. The van der Waals surface area contributed by atoms with Crippen LogP contribution in [-0.4, -0.2) is 16.2 Å². The predicted octanol–water partition coefficient (Wildman–Crippen LogP) is 3.89. The van der Waals surface area contributed by atoms with Crippen LogP contribution in [0, 0.1) is 0 Å². The summed E-state index contributed by atoms with van der Waals surface area (Å²) in [5.41, 5.74) is 8.18. The summed E-state index contributed by atoms with van der Waals surface area (Å²) in [4.78, 5) is 4.79. The van der Waals surface area contributed by atoms with E-state index in [1.165, 1.54) is 0 Å². The van der Waals surface area contributed by atoms with Crippen LogP contribution in [0.1, 0.15) is 39.4 Å². The smallest absolute Gasteiger partial charge is 0.131 e. The zero-order valence-corrected chi connectivity index (χ0v) is 13.2. The van der Waals surface area contributed by atoms with Gasteiger partial charge in [-0.3, -0.25) is 0 Å². The number of aryl methyl sites for hydroxylation is 1. The molecule has 2 rings (SSSR count). The van der Waals surface area contributed by atoms with Gasteiger partial charge >= 0.3 is 0 Å². The molecule has 0 aliphatic rings. The van der Waals surface area contributed by atoms with Crippen LogP contribution in [0.2, 0.25) is 0 Å². The maximum atomic E-state index is 6.36. The van der Waals surface area contributed by atoms with Gasteiger partial charge in [-0.2, -0.15) is 0 Å². The molecule has 0 atom stereocenters. The van der Waals surface area contributed by atoms with Crippen LogP contribution in [0.5, 0.6) is 5.75 Å². The molecular weight excluding hydrogens is 262 g/mol. The molecule has 0 radical (unpaired) electrons. The van der Waals surface area contributed by atoms with Gasteiger partial charge in [0.1, 0.15) is 23.1 Å². The number of nitrogens with two attached hydrogens (primary N) is 1. The number of rotatable bonds is 7. The van der Waals surface area contributed by atoms with E-state index in [-0.39, 0.29) is 0 Å². The Morgan fingerprint density at radius 2 is 1.90 bits per heavy atom. The van der Waals surface area contributed by atoms with Crippen molar-refractivity contribution in [3.05, 3.63) is 30.1 Å². The first-order valence-corrected chi connectivity index (χ1v) is 7.79. The molecule has 0 saturated heterocycles. The van der Waals surface area contributed by atoms with E-state index < -0.39 is 0 Å². The van der Waals surface area contributed by atoms with Crippen molar-refractivity contribution in [2.75, 3.05) is 12.3 Å². The second-order valence-corrected chi connectivity index (χ2v) is 5.09. The SMILES string of the molecule is CCCc1nc(-c2ccccc2OCC)c(N)n1CCC. The van der Waals surface area contributed by atoms with Crippen molar-refractivity contribution in [1.29, 1.82) is 0 Å². The van der Waals surface area contributed by atoms with Gasteiger partial charge in [0.25, 0.3) is 0 Å². The first kappa shape index (κ1) is 15.4. The number of nitrogens with zero attached hydrogens (tertiary/aromatic N) is 2. The third-order valence-corrected chi connectivity index (χ3v) is 3.45. The molecule has 0 amide bonds. The number of benzene rings is 1. The van der Waals surface area contributed by atoms with Crippen molar-refractivity contribution < 1.29 is 4.74 Å². The molecule has 1 aromatic heterocycles. The Hall–Kier alpha value is -1.97. The Bertz CT molecular complexity index is 590. The molecule has 0 bridgehead atoms. The third-order valence-electron chi connectivity index (χ3n) is 3.45. The lowest BCUT2D eigenvalue weighted by molar-refractivity contribution is 0.341. The monoisotopic (exact) mass is 287 g/mol. The molecule has 4 heteroatoms. The van der Waals surface area contributed by atoms with E-state index in [1.54, 1.807) is 0 Å². The average Bonchev–Trinajstić information content (AvgIpc) is 2.78. The molecule has 2 aromatic rings. The molecule has 4 nitrogen and oxygen atoms in total. The third kappa shape index (κ3) is 3.20. The van der Waals surface area contributed by atoms with Crippen LogP contribution < -0.4 is 10.5 Å². The van der Waals surface area contributed by atoms with Gasteiger partial charge in [-0.05, 0) is 31.9 Å². The number of anilines is 1. The van der Waals surface area contributed by atoms with Gasteiger partial charge in [-0.25, -0.2) is 4.98 Å². The molecule has 0 aliphatic heterocycles. The molecular formula is C17H25N3O. The second kappa shape index (κ2) is 7.16. The summed E-state index contributed by atoms with van der Waals surface area (Å²) in [6, 6.07) is 7.96. The van der Waals surface area contributed by atoms with E-state index in [4.69, 9.17) is 15.5 Å². The molecule has 114 valence electrons. The van der Waals surface area contributed by atoms with E-state index >= 15 is 0 Å². The molecule has 0 saturated carbocycles. The normalized spacial score (nSPS) is 10.8. The van der Waals surface area contributed by atoms with E-state index in [9.17, 15) is 0 Å². The lowest BCUT2D eigenvalue weighted by atomic mass is 10.1. The first-order chi connectivity index (χ1) is 10.2. The highest BCUT2D eigenvalue weighted by molar-refractivity contribution is 5.76. The minimum Gasteiger partial charge on any atom is -0.493 e. The summed E-state index contributed by atoms with van der Waals surface area (Å²) < 4.78 is 7.85. The van der Waals surface area contributed by atoms with Crippen molar-refractivity contribution in [1.82, 2.24) is 9.55 Å². The summed E-state index contributed by atoms with van der Waals surface area (Å²) in [7, 11) is 0. The van der Waals surface area contributed by atoms with Crippen LogP contribution in [0.3, 0.4) is 0 Å². The Morgan fingerprint density at radius 3 is 2.57 bits per heavy atom. The zero-order valence-electron chi connectivity index (χ0n) is 13.2. The topological polar surface area (TPSA) is 53.1 Å². The molecule has 0 spiro atoms. The van der Waals surface area contributed by atoms with Gasteiger partial charge in [0.2, 0.25) is 0 Å². The molecule has 0 fully saturated rings. The number of hydrogen-bond donors (Lipinski definition) is 1. The number of nitrogen functional groups attached to an aromatic ring is 1. The van der Waals surface area contributed by atoms with Crippen molar-refractivity contribution in [2.24, 2.45) is 0 Å². The van der Waals surface area contributed by atoms with Crippen LogP contribution in [-0.2, 0) is 13.0 Å². The van der Waals surface area contributed by atoms with Crippen molar-refractivity contribution >= 4 is 5.82 Å². The summed E-state index contributed by atoms with van der Waals surface area (Å²) in [6.45, 7) is 7.84. The predicted molar refractivity (Wildman–Crippen MR) is 87.5 cm³/mol. The van der Waals surface area contributed by atoms with Crippen molar-refractivity contribution in [3.8, 4) is 17.0 Å². The summed E-state index contributed by atoms with van der Waals surface area (Å²) in [5.74, 6) is 2.65. The molecule has 2 N–H and O–H groups in total. The minimum atomic E-state index is 0.633. The fourth-order valence-corrected chi connectivity index (χ4v) is 2.54. The van der Waals surface area contributed by atoms with E-state index in [0.717, 1.165) is 54.5 Å². The van der Waals surface area contributed by atoms with Crippen LogP contribution in [0.25, 0.3) is 11.3 Å². The Balaban J connectivity index is 2.51. The van der Waals surface area contributed by atoms with Crippen LogP contribution >= 0.6 is 0 Å². The maximum absolute atomic E-state index is 6.36. The molecule has 0 aliphatic carbocycles. The maximum Gasteiger partial charge on any atom is 0.131 e. The quantitative estimate of drug-likeness (QED) is 0.840. The van der Waals surface area contributed by atoms with Crippen LogP contribution in [0.15, 0.2) is 24.3 Å². The van der Waals surface area contributed by atoms with Gasteiger partial charge < -0.3 is 15.0 Å². The zero-order chi connectivity index (χ0) is 15.2. The number of hydrogen-bond acceptors (Lipinski definition) is 3. The largest absolute Gasteiger partial charge is 0.493 e. The molecule has 1 heterocycles. The lowest BCUT2D eigenvalue weighted by Crippen LogP contribution is -2.06. The van der Waals surface area contributed by atoms with E-state index in [1.807, 2.05) is 31.2 Å². The number of imidazole rings is 1. The highest BCUT2D eigenvalue weighted by Crippen LogP contribution is 2.34. The van der Waals surface area contributed by atoms with E-state index in [0.29, 0.717) is 6.61 Å². The second-order valence-electron chi connectivity index (χ2n) is 5.09. The highest BCUT2D eigenvalue weighted by atomic mass is 16.5. The van der Waals surface area contributed by atoms with Crippen LogP contribution in [0.4, 0.5) is 5.82 Å². The van der Waals surface area contributed by atoms with Gasteiger partial charge in [0, 0.05) is 18.5 Å². The Morgan fingerprint density at radius 1 is 1.14 bits per heavy atom. The number of para-hydroxylation sites is 1. The number of ether oxygens (including phenoxy) is 1. The van der Waals surface area contributed by atoms with Crippen molar-refractivity contribution in [3.63, 3.8) is 0 Å². The lowest BCUT2D eigenvalue weighted by Gasteiger charge is -2.09. The highest BCUT2D eigenvalue weighted by Gasteiger charge is 2.18.